The van der Waals surface area contributed by atoms with E-state index in [1.807, 2.05) is 31.2 Å². The smallest absolute Gasteiger partial charge is 0.227 e. The predicted molar refractivity (Wildman–Crippen MR) is 79.5 cm³/mol. The Kier molecular flexibility index (Phi) is 4.74. The summed E-state index contributed by atoms with van der Waals surface area (Å²) in [5.41, 5.74) is 7.12. The van der Waals surface area contributed by atoms with Crippen molar-refractivity contribution < 1.29 is 9.59 Å². The van der Waals surface area contributed by atoms with Crippen molar-refractivity contribution in [1.82, 2.24) is 0 Å². The van der Waals surface area contributed by atoms with E-state index in [-0.39, 0.29) is 17.9 Å². The van der Waals surface area contributed by atoms with Crippen molar-refractivity contribution in [3.05, 3.63) is 24.3 Å². The van der Waals surface area contributed by atoms with Gasteiger partial charge in [0.1, 0.15) is 0 Å². The minimum absolute atomic E-state index is 0.0103. The number of carbonyl (C=O) groups is 2. The van der Waals surface area contributed by atoms with E-state index in [9.17, 15) is 9.59 Å². The minimum atomic E-state index is -0.0682. The van der Waals surface area contributed by atoms with Gasteiger partial charge in [0.05, 0.1) is 11.4 Å². The summed E-state index contributed by atoms with van der Waals surface area (Å²) in [6, 6.07) is 7.43. The average molecular weight is 275 g/mol. The van der Waals surface area contributed by atoms with Crippen LogP contribution in [-0.4, -0.2) is 24.4 Å². The molecule has 1 aromatic carbocycles. The molecule has 2 rings (SSSR count). The molecule has 1 aliphatic rings. The molecule has 0 radical (unpaired) electrons. The fraction of sp³-hybridized carbons (Fsp3) is 0.467. The van der Waals surface area contributed by atoms with E-state index >= 15 is 0 Å². The summed E-state index contributed by atoms with van der Waals surface area (Å²) in [5, 5.41) is 2.87. The Morgan fingerprint density at radius 1 is 1.45 bits per heavy atom. The van der Waals surface area contributed by atoms with Gasteiger partial charge in [-0.2, -0.15) is 0 Å². The molecule has 0 aliphatic carbocycles. The van der Waals surface area contributed by atoms with Crippen LogP contribution in [0.25, 0.3) is 0 Å². The number of nitrogens with one attached hydrogen (secondary N) is 1. The van der Waals surface area contributed by atoms with Gasteiger partial charge in [-0.15, -0.1) is 0 Å². The van der Waals surface area contributed by atoms with Crippen LogP contribution in [0.5, 0.6) is 0 Å². The Morgan fingerprint density at radius 3 is 2.85 bits per heavy atom. The number of hydrogen-bond donors (Lipinski definition) is 2. The van der Waals surface area contributed by atoms with Gasteiger partial charge in [-0.25, -0.2) is 0 Å². The Balaban J connectivity index is 2.08. The third kappa shape index (κ3) is 3.57. The molecule has 1 aromatic rings. The number of nitrogens with zero attached hydrogens (tertiary/aromatic N) is 1. The lowest BCUT2D eigenvalue weighted by Crippen LogP contribution is -2.26. The lowest BCUT2D eigenvalue weighted by atomic mass is 10.2. The molecule has 0 saturated carbocycles. The van der Waals surface area contributed by atoms with Crippen LogP contribution in [0.3, 0.4) is 0 Å². The van der Waals surface area contributed by atoms with E-state index in [4.69, 9.17) is 5.73 Å². The van der Waals surface area contributed by atoms with Crippen molar-refractivity contribution in [3.8, 4) is 0 Å². The van der Waals surface area contributed by atoms with Crippen LogP contribution in [0.15, 0.2) is 24.3 Å². The molecule has 1 unspecified atom stereocenters. The van der Waals surface area contributed by atoms with Crippen molar-refractivity contribution in [2.75, 3.05) is 16.8 Å². The Labute approximate surface area is 119 Å². The first-order valence-electron chi connectivity index (χ1n) is 7.03. The molecule has 5 heteroatoms. The summed E-state index contributed by atoms with van der Waals surface area (Å²) in [7, 11) is 0. The SMILES string of the molecule is CC(N)CCC(=O)Nc1ccccc1N1CCCC1=O. The van der Waals surface area contributed by atoms with Gasteiger partial charge in [-0.3, -0.25) is 9.59 Å². The van der Waals surface area contributed by atoms with Gasteiger partial charge in [-0.05, 0) is 31.9 Å². The first kappa shape index (κ1) is 14.5. The number of anilines is 2. The van der Waals surface area contributed by atoms with E-state index in [2.05, 4.69) is 5.32 Å². The molecule has 20 heavy (non-hydrogen) atoms. The highest BCUT2D eigenvalue weighted by molar-refractivity contribution is 6.02. The maximum Gasteiger partial charge on any atom is 0.227 e. The minimum Gasteiger partial charge on any atom is -0.328 e. The van der Waals surface area contributed by atoms with Gasteiger partial charge < -0.3 is 16.0 Å². The van der Waals surface area contributed by atoms with Gasteiger partial charge >= 0.3 is 0 Å². The van der Waals surface area contributed by atoms with Crippen molar-refractivity contribution in [2.45, 2.75) is 38.6 Å². The number of amides is 2. The summed E-state index contributed by atoms with van der Waals surface area (Å²) in [6.07, 6.45) is 2.48. The highest BCUT2D eigenvalue weighted by Gasteiger charge is 2.24. The first-order valence-corrected chi connectivity index (χ1v) is 7.03. The van der Waals surface area contributed by atoms with Crippen LogP contribution < -0.4 is 16.0 Å². The fourth-order valence-electron chi connectivity index (χ4n) is 2.29. The molecule has 1 atom stereocenters. The second-order valence-corrected chi connectivity index (χ2v) is 5.23. The van der Waals surface area contributed by atoms with Gasteiger partial charge in [0.15, 0.2) is 0 Å². The van der Waals surface area contributed by atoms with Crippen LogP contribution >= 0.6 is 0 Å². The molecule has 0 spiro atoms. The molecule has 0 bridgehead atoms. The summed E-state index contributed by atoms with van der Waals surface area (Å²) >= 11 is 0. The average Bonchev–Trinajstić information content (AvgIpc) is 2.83. The second kappa shape index (κ2) is 6.52. The highest BCUT2D eigenvalue weighted by Crippen LogP contribution is 2.29. The molecule has 0 aromatic heterocycles. The summed E-state index contributed by atoms with van der Waals surface area (Å²) < 4.78 is 0. The Bertz CT molecular complexity index is 500. The third-order valence-corrected chi connectivity index (χ3v) is 3.37. The van der Waals surface area contributed by atoms with E-state index in [1.54, 1.807) is 4.90 Å². The summed E-state index contributed by atoms with van der Waals surface area (Å²) in [6.45, 7) is 2.59. The lowest BCUT2D eigenvalue weighted by Gasteiger charge is -2.20. The quantitative estimate of drug-likeness (QED) is 0.861. The van der Waals surface area contributed by atoms with Crippen molar-refractivity contribution in [2.24, 2.45) is 5.73 Å². The van der Waals surface area contributed by atoms with Gasteiger partial charge in [0.25, 0.3) is 0 Å². The van der Waals surface area contributed by atoms with Gasteiger partial charge in [-0.1, -0.05) is 12.1 Å². The number of para-hydroxylation sites is 2. The van der Waals surface area contributed by atoms with Gasteiger partial charge in [0.2, 0.25) is 11.8 Å². The van der Waals surface area contributed by atoms with Crippen LogP contribution in [0.2, 0.25) is 0 Å². The molecule has 1 fully saturated rings. The van der Waals surface area contributed by atoms with Gasteiger partial charge in [0, 0.05) is 25.4 Å². The zero-order valence-electron chi connectivity index (χ0n) is 11.8. The lowest BCUT2D eigenvalue weighted by molar-refractivity contribution is -0.117. The second-order valence-electron chi connectivity index (χ2n) is 5.23. The molecule has 1 saturated heterocycles. The van der Waals surface area contributed by atoms with Crippen LogP contribution in [0.1, 0.15) is 32.6 Å². The van der Waals surface area contributed by atoms with Crippen LogP contribution in [0.4, 0.5) is 11.4 Å². The number of rotatable bonds is 5. The largest absolute Gasteiger partial charge is 0.328 e. The zero-order valence-corrected chi connectivity index (χ0v) is 11.8. The summed E-state index contributed by atoms with van der Waals surface area (Å²) in [4.78, 5) is 25.5. The maximum atomic E-state index is 11.9. The molecule has 2 amide bonds. The zero-order chi connectivity index (χ0) is 14.5. The first-order chi connectivity index (χ1) is 9.58. The predicted octanol–water partition coefficient (Wildman–Crippen LogP) is 1.88. The fourth-order valence-corrected chi connectivity index (χ4v) is 2.29. The third-order valence-electron chi connectivity index (χ3n) is 3.37. The van der Waals surface area contributed by atoms with Crippen LogP contribution in [-0.2, 0) is 9.59 Å². The molecular formula is C15H21N3O2. The number of hydrogen-bond acceptors (Lipinski definition) is 3. The van der Waals surface area contributed by atoms with E-state index in [1.165, 1.54) is 0 Å². The molecule has 1 aliphatic heterocycles. The molecule has 3 N–H and O–H groups in total. The molecular weight excluding hydrogens is 254 g/mol. The van der Waals surface area contributed by atoms with Crippen molar-refractivity contribution in [3.63, 3.8) is 0 Å². The van der Waals surface area contributed by atoms with Crippen molar-refractivity contribution in [1.29, 1.82) is 0 Å². The Morgan fingerprint density at radius 2 is 2.20 bits per heavy atom. The number of nitrogens with two attached hydrogens (primary N) is 1. The maximum absolute atomic E-state index is 11.9. The van der Waals surface area contributed by atoms with E-state index in [0.29, 0.717) is 31.5 Å². The topological polar surface area (TPSA) is 75.4 Å². The number of carbonyl (C=O) groups excluding carboxylic acids is 2. The van der Waals surface area contributed by atoms with E-state index < -0.39 is 0 Å². The van der Waals surface area contributed by atoms with E-state index in [0.717, 1.165) is 12.1 Å². The highest BCUT2D eigenvalue weighted by atomic mass is 16.2. The summed E-state index contributed by atoms with van der Waals surface area (Å²) in [5.74, 6) is 0.0451. The molecule has 5 nitrogen and oxygen atoms in total. The number of benzene rings is 1. The van der Waals surface area contributed by atoms with Crippen LogP contribution in [0, 0.1) is 0 Å². The molecule has 1 heterocycles. The monoisotopic (exact) mass is 275 g/mol. The Hall–Kier alpha value is -1.88. The molecule has 108 valence electrons. The standard InChI is InChI=1S/C15H21N3O2/c1-11(16)8-9-14(19)17-12-5-2-3-6-13(12)18-10-4-7-15(18)20/h2-3,5-6,11H,4,7-10,16H2,1H3,(H,17,19). The van der Waals surface area contributed by atoms with Crippen molar-refractivity contribution >= 4 is 23.2 Å². The normalized spacial score (nSPS) is 16.3.